The van der Waals surface area contributed by atoms with Gasteiger partial charge in [-0.15, -0.1) is 11.3 Å². The van der Waals surface area contributed by atoms with Crippen molar-refractivity contribution in [3.8, 4) is 0 Å². The van der Waals surface area contributed by atoms with Gasteiger partial charge in [-0.05, 0) is 31.9 Å². The molecule has 0 atom stereocenters. The van der Waals surface area contributed by atoms with Gasteiger partial charge in [0.25, 0.3) is 10.0 Å². The van der Waals surface area contributed by atoms with E-state index in [0.717, 1.165) is 34.8 Å². The normalized spacial score (nSPS) is 16.0. The van der Waals surface area contributed by atoms with E-state index in [2.05, 4.69) is 18.9 Å². The number of carbonyl (C=O) groups is 1. The van der Waals surface area contributed by atoms with E-state index < -0.39 is 10.0 Å². The Morgan fingerprint density at radius 1 is 1.21 bits per heavy atom. The van der Waals surface area contributed by atoms with Crippen LogP contribution in [-0.2, 0) is 27.8 Å². The molecule has 1 aliphatic heterocycles. The van der Waals surface area contributed by atoms with Crippen LogP contribution < -0.4 is 0 Å². The van der Waals surface area contributed by atoms with Crippen molar-refractivity contribution in [2.45, 2.75) is 44.9 Å². The molecule has 1 fully saturated rings. The quantitative estimate of drug-likeness (QED) is 0.666. The highest BCUT2D eigenvalue weighted by atomic mass is 35.5. The summed E-state index contributed by atoms with van der Waals surface area (Å²) in [6.07, 6.45) is 0.295. The van der Waals surface area contributed by atoms with E-state index in [-0.39, 0.29) is 23.2 Å². The monoisotopic (exact) mass is 458 g/mol. The number of piperazine rings is 1. The highest BCUT2D eigenvalue weighted by Gasteiger charge is 2.31. The van der Waals surface area contributed by atoms with Gasteiger partial charge in [-0.2, -0.15) is 9.40 Å². The first-order valence-corrected chi connectivity index (χ1v) is 12.3. The molecular formula is C19H27ClN4O3S2. The molecule has 2 aromatic heterocycles. The number of amides is 1. The first-order valence-electron chi connectivity index (χ1n) is 9.65. The number of hydrogen-bond acceptors (Lipinski definition) is 5. The molecular weight excluding hydrogens is 432 g/mol. The number of aryl methyl sites for hydroxylation is 1. The lowest BCUT2D eigenvalue weighted by Gasteiger charge is -2.33. The molecule has 0 saturated carbocycles. The molecule has 0 N–H and O–H groups in total. The summed E-state index contributed by atoms with van der Waals surface area (Å²) < 4.78 is 29.5. The Morgan fingerprint density at radius 2 is 1.86 bits per heavy atom. The Morgan fingerprint density at radius 3 is 2.41 bits per heavy atom. The number of rotatable bonds is 6. The molecule has 160 valence electrons. The lowest BCUT2D eigenvalue weighted by atomic mass is 10.1. The van der Waals surface area contributed by atoms with Crippen LogP contribution in [-0.4, -0.2) is 59.5 Å². The molecule has 0 spiro atoms. The van der Waals surface area contributed by atoms with Crippen LogP contribution in [0.2, 0.25) is 4.34 Å². The van der Waals surface area contributed by atoms with Crippen molar-refractivity contribution in [2.75, 3.05) is 26.2 Å². The van der Waals surface area contributed by atoms with E-state index in [1.165, 1.54) is 10.4 Å². The highest BCUT2D eigenvalue weighted by Crippen LogP contribution is 2.28. The van der Waals surface area contributed by atoms with Crippen LogP contribution in [0.5, 0.6) is 0 Å². The zero-order valence-corrected chi connectivity index (χ0v) is 19.6. The van der Waals surface area contributed by atoms with Gasteiger partial charge in [0.15, 0.2) is 0 Å². The third-order valence-electron chi connectivity index (χ3n) is 5.13. The van der Waals surface area contributed by atoms with Crippen LogP contribution in [0.3, 0.4) is 0 Å². The summed E-state index contributed by atoms with van der Waals surface area (Å²) in [5.41, 5.74) is 2.88. The number of hydrogen-bond donors (Lipinski definition) is 0. The maximum atomic E-state index is 12.8. The van der Waals surface area contributed by atoms with E-state index in [1.807, 2.05) is 18.5 Å². The second-order valence-electron chi connectivity index (χ2n) is 7.75. The van der Waals surface area contributed by atoms with Gasteiger partial charge in [0.1, 0.15) is 4.21 Å². The summed E-state index contributed by atoms with van der Waals surface area (Å²) in [6, 6.07) is 3.11. The summed E-state index contributed by atoms with van der Waals surface area (Å²) >= 11 is 6.93. The molecule has 7 nitrogen and oxygen atoms in total. The Kier molecular flexibility index (Phi) is 6.72. The average molecular weight is 459 g/mol. The maximum Gasteiger partial charge on any atom is 0.252 e. The van der Waals surface area contributed by atoms with Crippen LogP contribution >= 0.6 is 22.9 Å². The minimum atomic E-state index is -3.55. The first kappa shape index (κ1) is 22.3. The van der Waals surface area contributed by atoms with Crippen molar-refractivity contribution < 1.29 is 13.2 Å². The number of aromatic nitrogens is 2. The molecule has 0 bridgehead atoms. The molecule has 1 aliphatic rings. The molecule has 0 aliphatic carbocycles. The van der Waals surface area contributed by atoms with Crippen LogP contribution in [0, 0.1) is 19.8 Å². The summed E-state index contributed by atoms with van der Waals surface area (Å²) in [6.45, 7) is 10.4. The van der Waals surface area contributed by atoms with Crippen molar-refractivity contribution in [1.82, 2.24) is 19.0 Å². The minimum Gasteiger partial charge on any atom is -0.340 e. The van der Waals surface area contributed by atoms with Gasteiger partial charge in [-0.3, -0.25) is 9.48 Å². The fraction of sp³-hybridized carbons (Fsp3) is 0.579. The zero-order chi connectivity index (χ0) is 21.3. The fourth-order valence-electron chi connectivity index (χ4n) is 3.52. The Hall–Kier alpha value is -1.42. The molecule has 1 saturated heterocycles. The van der Waals surface area contributed by atoms with Crippen molar-refractivity contribution in [2.24, 2.45) is 5.92 Å². The number of thiophene rings is 1. The molecule has 0 aromatic carbocycles. The highest BCUT2D eigenvalue weighted by molar-refractivity contribution is 7.91. The van der Waals surface area contributed by atoms with Crippen molar-refractivity contribution >= 4 is 38.9 Å². The third kappa shape index (κ3) is 4.84. The van der Waals surface area contributed by atoms with Gasteiger partial charge >= 0.3 is 0 Å². The summed E-state index contributed by atoms with van der Waals surface area (Å²) in [4.78, 5) is 14.6. The topological polar surface area (TPSA) is 75.5 Å². The summed E-state index contributed by atoms with van der Waals surface area (Å²) in [5.74, 6) is 0.487. The lowest BCUT2D eigenvalue weighted by molar-refractivity contribution is -0.131. The molecule has 3 heterocycles. The van der Waals surface area contributed by atoms with Gasteiger partial charge in [0, 0.05) is 44.0 Å². The van der Waals surface area contributed by atoms with Crippen LogP contribution in [0.25, 0.3) is 0 Å². The second-order valence-corrected chi connectivity index (χ2v) is 11.6. The van der Waals surface area contributed by atoms with Crippen molar-refractivity contribution in [1.29, 1.82) is 0 Å². The Balaban J connectivity index is 1.63. The Bertz CT molecular complexity index is 989. The third-order valence-corrected chi connectivity index (χ3v) is 8.73. The maximum absolute atomic E-state index is 12.8. The van der Waals surface area contributed by atoms with E-state index in [9.17, 15) is 13.2 Å². The van der Waals surface area contributed by atoms with Crippen molar-refractivity contribution in [3.05, 3.63) is 33.4 Å². The van der Waals surface area contributed by atoms with Crippen LogP contribution in [0.4, 0.5) is 0 Å². The lowest BCUT2D eigenvalue weighted by Crippen LogP contribution is -2.50. The minimum absolute atomic E-state index is 0.0107. The first-order chi connectivity index (χ1) is 13.6. The van der Waals surface area contributed by atoms with E-state index in [4.69, 9.17) is 11.6 Å². The Labute approximate surface area is 181 Å². The molecule has 3 rings (SSSR count). The largest absolute Gasteiger partial charge is 0.340 e. The fourth-order valence-corrected chi connectivity index (χ4v) is 6.58. The zero-order valence-electron chi connectivity index (χ0n) is 17.2. The molecule has 2 aromatic rings. The molecule has 0 radical (unpaired) electrons. The number of carbonyl (C=O) groups excluding carboxylic acids is 1. The smallest absolute Gasteiger partial charge is 0.252 e. The predicted molar refractivity (Wildman–Crippen MR) is 115 cm³/mol. The second kappa shape index (κ2) is 8.75. The van der Waals surface area contributed by atoms with Gasteiger partial charge in [0.05, 0.1) is 16.5 Å². The van der Waals surface area contributed by atoms with Crippen LogP contribution in [0.1, 0.15) is 30.8 Å². The molecule has 29 heavy (non-hydrogen) atoms. The number of sulfonamides is 1. The van der Waals surface area contributed by atoms with Gasteiger partial charge in [-0.1, -0.05) is 25.4 Å². The van der Waals surface area contributed by atoms with E-state index >= 15 is 0 Å². The van der Waals surface area contributed by atoms with Crippen LogP contribution in [0.15, 0.2) is 16.3 Å². The van der Waals surface area contributed by atoms with E-state index in [0.29, 0.717) is 29.8 Å². The number of nitrogens with zero attached hydrogens (tertiary/aromatic N) is 4. The van der Waals surface area contributed by atoms with Gasteiger partial charge in [-0.25, -0.2) is 8.42 Å². The van der Waals surface area contributed by atoms with Gasteiger partial charge < -0.3 is 4.90 Å². The van der Waals surface area contributed by atoms with Crippen molar-refractivity contribution in [3.63, 3.8) is 0 Å². The standard InChI is InChI=1S/C19H27ClN4O3S2/c1-13(2)12-24-15(4)16(14(3)21-24)11-18(25)22-7-9-23(10-8-22)29(26,27)19-6-5-17(20)28-19/h5-6,13H,7-12H2,1-4H3. The average Bonchev–Trinajstić information content (AvgIpc) is 3.21. The van der Waals surface area contributed by atoms with Gasteiger partial charge in [0.2, 0.25) is 5.91 Å². The molecule has 1 amide bonds. The number of halogens is 1. The predicted octanol–water partition coefficient (Wildman–Crippen LogP) is 2.95. The van der Waals surface area contributed by atoms with E-state index in [1.54, 1.807) is 11.0 Å². The summed E-state index contributed by atoms with van der Waals surface area (Å²) in [7, 11) is -3.55. The molecule has 10 heteroatoms. The molecule has 0 unspecified atom stereocenters. The summed E-state index contributed by atoms with van der Waals surface area (Å²) in [5, 5.41) is 4.58. The SMILES string of the molecule is Cc1nn(CC(C)C)c(C)c1CC(=O)N1CCN(S(=O)(=O)c2ccc(Cl)s2)CC1.